The van der Waals surface area contributed by atoms with Crippen molar-refractivity contribution in [2.75, 3.05) is 43.9 Å². The average molecular weight is 700 g/mol. The maximum absolute atomic E-state index is 17.1. The van der Waals surface area contributed by atoms with E-state index >= 15 is 17.6 Å². The smallest absolute Gasteiger partial charge is 0.417 e. The molecular formula is C34H34F5N7O2S. The first-order chi connectivity index (χ1) is 23.3. The summed E-state index contributed by atoms with van der Waals surface area (Å²) in [5.74, 6) is -2.39. The summed E-state index contributed by atoms with van der Waals surface area (Å²) in [6.45, 7) is 16.5. The van der Waals surface area contributed by atoms with Gasteiger partial charge in [0.1, 0.15) is 23.8 Å². The number of alkyl halides is 3. The minimum absolute atomic E-state index is 0.0221. The third kappa shape index (κ3) is 5.90. The van der Waals surface area contributed by atoms with E-state index in [-0.39, 0.29) is 80.7 Å². The molecule has 2 saturated heterocycles. The first-order valence-electron chi connectivity index (χ1n) is 15.8. The molecule has 15 heteroatoms. The molecule has 4 aromatic rings. The zero-order valence-electron chi connectivity index (χ0n) is 27.1. The molecule has 9 nitrogen and oxygen atoms in total. The van der Waals surface area contributed by atoms with E-state index in [1.54, 1.807) is 16.7 Å². The Bertz CT molecular complexity index is 2010. The number of rotatable bonds is 8. The summed E-state index contributed by atoms with van der Waals surface area (Å²) in [7, 11) is 1.95. The Morgan fingerprint density at radius 1 is 1.27 bits per heavy atom. The van der Waals surface area contributed by atoms with E-state index in [0.717, 1.165) is 37.6 Å². The van der Waals surface area contributed by atoms with Crippen LogP contribution in [0.5, 0.6) is 6.01 Å². The van der Waals surface area contributed by atoms with Crippen LogP contribution in [0.25, 0.3) is 37.0 Å². The van der Waals surface area contributed by atoms with Crippen LogP contribution in [0, 0.1) is 18.2 Å². The zero-order chi connectivity index (χ0) is 35.4. The van der Waals surface area contributed by atoms with E-state index < -0.39 is 34.5 Å². The van der Waals surface area contributed by atoms with Crippen LogP contribution in [0.2, 0.25) is 0 Å². The van der Waals surface area contributed by atoms with Gasteiger partial charge in [-0.1, -0.05) is 12.6 Å². The summed E-state index contributed by atoms with van der Waals surface area (Å²) in [5, 5.41) is -0.523. The molecule has 2 N–H and O–H groups in total. The highest BCUT2D eigenvalue weighted by Crippen LogP contribution is 2.50. The molecule has 1 unspecified atom stereocenters. The molecule has 6 rings (SSSR count). The second-order valence-electron chi connectivity index (χ2n) is 12.3. The average Bonchev–Trinajstić information content (AvgIpc) is 3.76. The molecule has 0 saturated carbocycles. The second-order valence-corrected chi connectivity index (χ2v) is 13.3. The van der Waals surface area contributed by atoms with Crippen molar-refractivity contribution in [3.8, 4) is 17.1 Å². The zero-order valence-corrected chi connectivity index (χ0v) is 27.9. The molecule has 0 radical (unpaired) electrons. The molecule has 0 spiro atoms. The monoisotopic (exact) mass is 699 g/mol. The van der Waals surface area contributed by atoms with Crippen LogP contribution < -0.4 is 15.4 Å². The first-order valence-corrected chi connectivity index (χ1v) is 16.6. The molecule has 2 aromatic carbocycles. The lowest BCUT2D eigenvalue weighted by Crippen LogP contribution is -2.45. The number of hydrogen-bond acceptors (Lipinski definition) is 8. The Kier molecular flexibility index (Phi) is 9.14. The van der Waals surface area contributed by atoms with Gasteiger partial charge in [0.25, 0.3) is 0 Å². The van der Waals surface area contributed by atoms with E-state index in [2.05, 4.69) is 26.3 Å². The fraction of sp³-hybridized carbons (Fsp3) is 0.412. The number of likely N-dealkylation sites (N-methyl/N-ethyl adjacent to an activating group) is 2. The number of carbonyl (C=O) groups is 1. The molecule has 4 heterocycles. The topological polar surface area (TPSA) is 92.2 Å². The molecule has 0 bridgehead atoms. The number of ether oxygens (including phenoxy) is 1. The predicted octanol–water partition coefficient (Wildman–Crippen LogP) is 7.42. The van der Waals surface area contributed by atoms with E-state index in [9.17, 15) is 9.18 Å². The van der Waals surface area contributed by atoms with Crippen LogP contribution in [0.15, 0.2) is 30.9 Å². The fourth-order valence-corrected chi connectivity index (χ4v) is 8.06. The third-order valence-electron chi connectivity index (χ3n) is 9.63. The van der Waals surface area contributed by atoms with Gasteiger partial charge < -0.3 is 25.2 Å². The Morgan fingerprint density at radius 3 is 2.65 bits per heavy atom. The Balaban J connectivity index is 1.62. The third-order valence-corrected chi connectivity index (χ3v) is 10.6. The number of hydrogen-bond donors (Lipinski definition) is 1. The molecule has 2 aliphatic heterocycles. The molecule has 2 fully saturated rings. The Labute approximate surface area is 283 Å². The van der Waals surface area contributed by atoms with Gasteiger partial charge in [-0.05, 0) is 70.5 Å². The molecule has 2 aliphatic rings. The van der Waals surface area contributed by atoms with Crippen molar-refractivity contribution in [1.82, 2.24) is 19.8 Å². The van der Waals surface area contributed by atoms with Gasteiger partial charge in [0.05, 0.1) is 27.9 Å². The van der Waals surface area contributed by atoms with Crippen LogP contribution in [-0.2, 0) is 11.0 Å². The van der Waals surface area contributed by atoms with Crippen molar-refractivity contribution >= 4 is 54.7 Å². The highest BCUT2D eigenvalue weighted by Gasteiger charge is 2.41. The fourth-order valence-electron chi connectivity index (χ4n) is 7.12. The highest BCUT2D eigenvalue weighted by atomic mass is 32.1. The molecule has 49 heavy (non-hydrogen) atoms. The van der Waals surface area contributed by atoms with Crippen molar-refractivity contribution < 1.29 is 31.5 Å². The van der Waals surface area contributed by atoms with E-state index in [4.69, 9.17) is 17.0 Å². The molecule has 0 aliphatic carbocycles. The number of nitrogens with zero attached hydrogens (tertiary/aromatic N) is 6. The van der Waals surface area contributed by atoms with Crippen molar-refractivity contribution in [1.29, 1.82) is 0 Å². The van der Waals surface area contributed by atoms with Crippen LogP contribution >= 0.6 is 11.3 Å². The first kappa shape index (κ1) is 34.3. The van der Waals surface area contributed by atoms with E-state index in [1.807, 2.05) is 14.0 Å². The van der Waals surface area contributed by atoms with Crippen LogP contribution in [0.3, 0.4) is 0 Å². The van der Waals surface area contributed by atoms with Gasteiger partial charge in [-0.15, -0.1) is 11.3 Å². The minimum Gasteiger partial charge on any atom is -0.462 e. The standard InChI is InChI=1S/C34H34F5N7O2S/c1-6-24(47)46-14-12-23(17(46)3)45(7-2)32-20-15-21(34(37,38)39)25(19-10-11-22(35)30-26(19)29(41-4)31(40)49-30)27(36)28(20)42-33(43-32)48-16-18-9-8-13-44(18)5/h6,10-11,15,17-18,23H,1,7-9,12-14,16,40H2,2-3,5H3/t17-,18+,23?/m1/s1. The number of halogens is 5. The van der Waals surface area contributed by atoms with Gasteiger partial charge in [0.15, 0.2) is 5.82 Å². The van der Waals surface area contributed by atoms with Crippen molar-refractivity contribution in [3.63, 3.8) is 0 Å². The lowest BCUT2D eigenvalue weighted by atomic mass is 9.93. The number of aromatic nitrogens is 2. The normalized spacial score (nSPS) is 19.9. The summed E-state index contributed by atoms with van der Waals surface area (Å²) in [4.78, 5) is 30.4. The van der Waals surface area contributed by atoms with E-state index in [1.165, 1.54) is 6.08 Å². The molecular weight excluding hydrogens is 665 g/mol. The van der Waals surface area contributed by atoms with E-state index in [0.29, 0.717) is 24.3 Å². The maximum atomic E-state index is 17.1. The number of nitrogen functional groups attached to an aromatic ring is 1. The molecule has 3 atom stereocenters. The second kappa shape index (κ2) is 13.1. The summed E-state index contributed by atoms with van der Waals surface area (Å²) < 4.78 is 82.9. The number of likely N-dealkylation sites (tertiary alicyclic amines) is 2. The lowest BCUT2D eigenvalue weighted by molar-refractivity contribution is -0.137. The lowest BCUT2D eigenvalue weighted by Gasteiger charge is -2.34. The minimum atomic E-state index is -5.09. The predicted molar refractivity (Wildman–Crippen MR) is 180 cm³/mol. The highest BCUT2D eigenvalue weighted by molar-refractivity contribution is 7.23. The van der Waals surface area contributed by atoms with Gasteiger partial charge >= 0.3 is 12.2 Å². The SMILES string of the molecule is [C-]#[N+]c1c(N)sc2c(F)ccc(-c3c(C(F)(F)F)cc4c(N(CC)C5CCN(C(=O)C=C)[C@@H]5C)nc(OC[C@@H]5CCCN5C)nc4c3F)c12. The van der Waals surface area contributed by atoms with Crippen LogP contribution in [0.1, 0.15) is 38.7 Å². The van der Waals surface area contributed by atoms with Gasteiger partial charge in [-0.25, -0.2) is 13.6 Å². The Morgan fingerprint density at radius 2 is 2.02 bits per heavy atom. The van der Waals surface area contributed by atoms with Crippen LogP contribution in [-0.4, -0.2) is 77.1 Å². The molecule has 1 amide bonds. The van der Waals surface area contributed by atoms with Crippen LogP contribution in [0.4, 0.5) is 38.5 Å². The van der Waals surface area contributed by atoms with Gasteiger partial charge in [-0.3, -0.25) is 4.79 Å². The summed E-state index contributed by atoms with van der Waals surface area (Å²) in [6, 6.07) is 1.81. The number of fused-ring (bicyclic) bond motifs is 2. The number of benzene rings is 2. The van der Waals surface area contributed by atoms with Gasteiger partial charge in [0.2, 0.25) is 11.6 Å². The number of carbonyl (C=O) groups excluding carboxylic acids is 1. The quantitative estimate of drug-likeness (QED) is 0.116. The number of thiophene rings is 1. The summed E-state index contributed by atoms with van der Waals surface area (Å²) >= 11 is 0.705. The van der Waals surface area contributed by atoms with Gasteiger partial charge in [-0.2, -0.15) is 23.1 Å². The number of amides is 1. The van der Waals surface area contributed by atoms with Crippen molar-refractivity contribution in [2.45, 2.75) is 57.4 Å². The maximum Gasteiger partial charge on any atom is 0.417 e. The molecule has 2 aromatic heterocycles. The largest absolute Gasteiger partial charge is 0.462 e. The Hall–Kier alpha value is -4.55. The number of anilines is 2. The van der Waals surface area contributed by atoms with Crippen molar-refractivity contribution in [3.05, 3.63) is 59.5 Å². The van der Waals surface area contributed by atoms with Crippen molar-refractivity contribution in [2.24, 2.45) is 0 Å². The molecule has 258 valence electrons. The summed E-state index contributed by atoms with van der Waals surface area (Å²) in [6.07, 6.45) is -1.59. The number of nitrogens with two attached hydrogens (primary N) is 1. The van der Waals surface area contributed by atoms with Gasteiger partial charge in [0, 0.05) is 41.5 Å². The summed E-state index contributed by atoms with van der Waals surface area (Å²) in [5.41, 5.74) is 2.69.